The molecule has 2 aliphatic heterocycles. The molecular weight excluding hydrogens is 849 g/mol. The number of aliphatic hydroxyl groups excluding tert-OH is 7. The first kappa shape index (κ1) is 60.3. The highest BCUT2D eigenvalue weighted by molar-refractivity contribution is 5.69. The Kier molecular flexibility index (Phi) is 36.6. The molecule has 0 spiro atoms. The van der Waals surface area contributed by atoms with E-state index < -0.39 is 86.7 Å². The number of aliphatic hydroxyl groups is 7. The summed E-state index contributed by atoms with van der Waals surface area (Å²) in [5.74, 6) is -0.392. The van der Waals surface area contributed by atoms with E-state index in [0.29, 0.717) is 13.0 Å². The average Bonchev–Trinajstić information content (AvgIpc) is 3.31. The van der Waals surface area contributed by atoms with Gasteiger partial charge in [-0.2, -0.15) is 0 Å². The van der Waals surface area contributed by atoms with Gasteiger partial charge in [0.25, 0.3) is 0 Å². The van der Waals surface area contributed by atoms with Gasteiger partial charge in [-0.25, -0.2) is 0 Å². The van der Waals surface area contributed by atoms with Crippen LogP contribution in [0, 0.1) is 0 Å². The molecule has 11 atom stereocenters. The van der Waals surface area contributed by atoms with Gasteiger partial charge in [-0.15, -0.1) is 0 Å². The van der Waals surface area contributed by atoms with E-state index in [4.69, 9.17) is 28.4 Å². The van der Waals surface area contributed by atoms with Gasteiger partial charge in [0, 0.05) is 13.0 Å². The molecule has 2 rings (SSSR count). The van der Waals surface area contributed by atoms with E-state index >= 15 is 0 Å². The van der Waals surface area contributed by atoms with Crippen molar-refractivity contribution in [2.45, 2.75) is 255 Å². The lowest BCUT2D eigenvalue weighted by Crippen LogP contribution is -2.61. The normalized spacial score (nSPS) is 26.6. The highest BCUT2D eigenvalue weighted by atomic mass is 16.7. The monoisotopic (exact) mass is 943 g/mol. The fourth-order valence-electron chi connectivity index (χ4n) is 8.07. The van der Waals surface area contributed by atoms with Gasteiger partial charge in [-0.1, -0.05) is 147 Å². The molecule has 0 aromatic heterocycles. The first-order valence-electron chi connectivity index (χ1n) is 26.1. The Bertz CT molecular complexity index is 1230. The predicted octanol–water partition coefficient (Wildman–Crippen LogP) is 7.80. The molecule has 2 heterocycles. The summed E-state index contributed by atoms with van der Waals surface area (Å²) in [6, 6.07) is 0. The summed E-state index contributed by atoms with van der Waals surface area (Å²) >= 11 is 0. The SMILES string of the molecule is CCCCC/C=C\C/C=C\CCCCCCCC(=O)OC(COCCCCCCCC/C=C\CCCCCCCCC)COC1OC(COC2OC(CO)C(O)C(O)C2O)C(O)C(O)C1O. The molecule has 11 unspecified atom stereocenters. The van der Waals surface area contributed by atoms with Gasteiger partial charge in [0.15, 0.2) is 12.6 Å². The third-order valence-corrected chi connectivity index (χ3v) is 12.4. The van der Waals surface area contributed by atoms with Crippen LogP contribution in [0.2, 0.25) is 0 Å². The van der Waals surface area contributed by atoms with E-state index in [0.717, 1.165) is 70.6 Å². The maximum absolute atomic E-state index is 13.0. The molecule has 2 aliphatic rings. The molecule has 0 amide bonds. The van der Waals surface area contributed by atoms with Gasteiger partial charge in [0.05, 0.1) is 26.4 Å². The molecule has 0 aliphatic carbocycles. The minimum Gasteiger partial charge on any atom is -0.457 e. The first-order chi connectivity index (χ1) is 32.1. The van der Waals surface area contributed by atoms with E-state index in [1.54, 1.807) is 0 Å². The Morgan fingerprint density at radius 2 is 0.939 bits per heavy atom. The first-order valence-corrected chi connectivity index (χ1v) is 26.1. The van der Waals surface area contributed by atoms with Crippen molar-refractivity contribution < 1.29 is 69.0 Å². The lowest BCUT2D eigenvalue weighted by Gasteiger charge is -2.42. The van der Waals surface area contributed by atoms with Crippen LogP contribution in [0.5, 0.6) is 0 Å². The van der Waals surface area contributed by atoms with Gasteiger partial charge in [0.2, 0.25) is 0 Å². The number of allylic oxidation sites excluding steroid dienone is 6. The number of rotatable bonds is 41. The Hall–Kier alpha value is -1.79. The standard InChI is InChI=1S/C52H94O14/c1-3-5-7-9-11-13-15-17-19-20-22-24-26-28-30-32-34-36-61-38-41(64-44(54)35-33-31-29-27-25-23-21-18-16-14-12-10-8-6-4-2)39-62-51-50(60)48(58)46(56)43(66-51)40-63-52-49(59)47(57)45(55)42(37-53)65-52/h12,14,18-21,41-43,45-53,55-60H,3-11,13,15-17,22-40H2,1-2H3/b14-12-,20-19-,21-18-. The summed E-state index contributed by atoms with van der Waals surface area (Å²) in [6.45, 7) is 3.63. The lowest BCUT2D eigenvalue weighted by atomic mass is 9.98. The van der Waals surface area contributed by atoms with Crippen molar-refractivity contribution in [3.05, 3.63) is 36.5 Å². The van der Waals surface area contributed by atoms with Crippen LogP contribution in [-0.2, 0) is 33.2 Å². The van der Waals surface area contributed by atoms with Gasteiger partial charge < -0.3 is 64.2 Å². The van der Waals surface area contributed by atoms with Crippen LogP contribution >= 0.6 is 0 Å². The largest absolute Gasteiger partial charge is 0.457 e. The second kappa shape index (κ2) is 40.0. The van der Waals surface area contributed by atoms with Gasteiger partial charge in [0.1, 0.15) is 54.9 Å². The molecule has 2 saturated heterocycles. The molecule has 14 nitrogen and oxygen atoms in total. The number of ether oxygens (including phenoxy) is 6. The minimum atomic E-state index is -1.71. The smallest absolute Gasteiger partial charge is 0.306 e. The highest BCUT2D eigenvalue weighted by Crippen LogP contribution is 2.26. The molecule has 0 aromatic carbocycles. The summed E-state index contributed by atoms with van der Waals surface area (Å²) < 4.78 is 34.3. The van der Waals surface area contributed by atoms with E-state index in [2.05, 4.69) is 50.3 Å². The molecule has 7 N–H and O–H groups in total. The van der Waals surface area contributed by atoms with Crippen LogP contribution in [0.4, 0.5) is 0 Å². The molecule has 0 radical (unpaired) electrons. The number of esters is 1. The molecular formula is C52H94O14. The third kappa shape index (κ3) is 27.4. The van der Waals surface area contributed by atoms with E-state index in [-0.39, 0.29) is 19.6 Å². The number of hydrogen-bond acceptors (Lipinski definition) is 14. The topological polar surface area (TPSA) is 214 Å². The molecule has 2 fully saturated rings. The number of hydrogen-bond donors (Lipinski definition) is 7. The second-order valence-corrected chi connectivity index (χ2v) is 18.3. The van der Waals surface area contributed by atoms with Crippen LogP contribution in [-0.4, -0.2) is 142 Å². The van der Waals surface area contributed by atoms with Crippen molar-refractivity contribution in [2.75, 3.05) is 33.0 Å². The highest BCUT2D eigenvalue weighted by Gasteiger charge is 2.47. The molecule has 386 valence electrons. The van der Waals surface area contributed by atoms with Gasteiger partial charge in [-0.05, 0) is 70.6 Å². The maximum Gasteiger partial charge on any atom is 0.306 e. The summed E-state index contributed by atoms with van der Waals surface area (Å²) in [6.07, 6.45) is 27.7. The molecule has 0 saturated carbocycles. The van der Waals surface area contributed by atoms with Crippen LogP contribution in [0.3, 0.4) is 0 Å². The second-order valence-electron chi connectivity index (χ2n) is 18.3. The molecule has 0 aromatic rings. The van der Waals surface area contributed by atoms with Gasteiger partial charge in [-0.3, -0.25) is 4.79 Å². The van der Waals surface area contributed by atoms with Crippen molar-refractivity contribution in [3.63, 3.8) is 0 Å². The summed E-state index contributed by atoms with van der Waals surface area (Å²) in [4.78, 5) is 13.0. The average molecular weight is 943 g/mol. The van der Waals surface area contributed by atoms with Crippen LogP contribution in [0.25, 0.3) is 0 Å². The van der Waals surface area contributed by atoms with Crippen LogP contribution in [0.15, 0.2) is 36.5 Å². The quantitative estimate of drug-likeness (QED) is 0.0177. The number of carbonyl (C=O) groups is 1. The van der Waals surface area contributed by atoms with Crippen LogP contribution < -0.4 is 0 Å². The number of unbranched alkanes of at least 4 members (excludes halogenated alkanes) is 21. The van der Waals surface area contributed by atoms with Gasteiger partial charge >= 0.3 is 5.97 Å². The zero-order valence-electron chi connectivity index (χ0n) is 40.9. The Morgan fingerprint density at radius 1 is 0.500 bits per heavy atom. The predicted molar refractivity (Wildman–Crippen MR) is 256 cm³/mol. The maximum atomic E-state index is 13.0. The number of carbonyl (C=O) groups excluding carboxylic acids is 1. The summed E-state index contributed by atoms with van der Waals surface area (Å²) in [7, 11) is 0. The fraction of sp³-hybridized carbons (Fsp3) is 0.865. The zero-order chi connectivity index (χ0) is 48.0. The van der Waals surface area contributed by atoms with Crippen molar-refractivity contribution in [2.24, 2.45) is 0 Å². The summed E-state index contributed by atoms with van der Waals surface area (Å²) in [5.41, 5.74) is 0. The van der Waals surface area contributed by atoms with E-state index in [1.165, 1.54) is 89.9 Å². The van der Waals surface area contributed by atoms with Crippen molar-refractivity contribution in [1.82, 2.24) is 0 Å². The Morgan fingerprint density at radius 3 is 1.50 bits per heavy atom. The lowest BCUT2D eigenvalue weighted by molar-refractivity contribution is -0.332. The molecule has 0 bridgehead atoms. The Balaban J connectivity index is 1.78. The molecule has 66 heavy (non-hydrogen) atoms. The van der Waals surface area contributed by atoms with Crippen molar-refractivity contribution in [3.8, 4) is 0 Å². The van der Waals surface area contributed by atoms with E-state index in [1.807, 2.05) is 0 Å². The molecule has 14 heteroatoms. The van der Waals surface area contributed by atoms with Crippen molar-refractivity contribution >= 4 is 5.97 Å². The van der Waals surface area contributed by atoms with Crippen LogP contribution in [0.1, 0.15) is 187 Å². The van der Waals surface area contributed by atoms with E-state index in [9.17, 15) is 40.5 Å². The summed E-state index contributed by atoms with van der Waals surface area (Å²) in [5, 5.41) is 72.1. The zero-order valence-corrected chi connectivity index (χ0v) is 40.9. The Labute approximate surface area is 398 Å². The minimum absolute atomic E-state index is 0.0523. The fourth-order valence-corrected chi connectivity index (χ4v) is 8.07. The van der Waals surface area contributed by atoms with Crippen molar-refractivity contribution in [1.29, 1.82) is 0 Å². The third-order valence-electron chi connectivity index (χ3n) is 12.4.